The fraction of sp³-hybridized carbons (Fsp3) is 0.280. The molecule has 0 bridgehead atoms. The van der Waals surface area contributed by atoms with Crippen LogP contribution in [0.2, 0.25) is 0 Å². The van der Waals surface area contributed by atoms with Gasteiger partial charge in [0.15, 0.2) is 0 Å². The summed E-state index contributed by atoms with van der Waals surface area (Å²) in [5.41, 5.74) is 7.29. The lowest BCUT2D eigenvalue weighted by Crippen LogP contribution is -2.45. The Morgan fingerprint density at radius 2 is 1.79 bits per heavy atom. The Kier molecular flexibility index (Phi) is 7.05. The molecule has 3 rings (SSSR count). The maximum atomic E-state index is 13.2. The van der Waals surface area contributed by atoms with Gasteiger partial charge >= 0.3 is 12.1 Å². The summed E-state index contributed by atoms with van der Waals surface area (Å²) in [5.74, 6) is -1.63. The molecule has 0 fully saturated rings. The van der Waals surface area contributed by atoms with Crippen molar-refractivity contribution in [1.29, 1.82) is 0 Å². The minimum absolute atomic E-state index is 0.111. The Morgan fingerprint density at radius 1 is 1.12 bits per heavy atom. The summed E-state index contributed by atoms with van der Waals surface area (Å²) < 4.78 is 5.33. The van der Waals surface area contributed by atoms with Crippen molar-refractivity contribution in [2.45, 2.75) is 38.8 Å². The van der Waals surface area contributed by atoms with E-state index in [1.165, 1.54) is 18.2 Å². The highest BCUT2D eigenvalue weighted by Gasteiger charge is 2.36. The predicted molar refractivity (Wildman–Crippen MR) is 126 cm³/mol. The predicted octanol–water partition coefficient (Wildman–Crippen LogP) is 3.36. The average Bonchev–Trinajstić information content (AvgIpc) is 2.75. The topological polar surface area (TPSA) is 139 Å². The molecule has 0 saturated carbocycles. The minimum atomic E-state index is -1.22. The number of ether oxygens (including phenoxy) is 1. The highest BCUT2D eigenvalue weighted by atomic mass is 16.6. The molecule has 0 aromatic heterocycles. The number of nitrogens with zero attached hydrogens (tertiary/aromatic N) is 1. The molecule has 2 aromatic carbocycles. The highest BCUT2D eigenvalue weighted by Crippen LogP contribution is 2.33. The van der Waals surface area contributed by atoms with Crippen molar-refractivity contribution in [2.75, 3.05) is 11.9 Å². The van der Waals surface area contributed by atoms with Crippen LogP contribution in [0.5, 0.6) is 0 Å². The summed E-state index contributed by atoms with van der Waals surface area (Å²) in [5, 5.41) is 12.4. The third-order valence-electron chi connectivity index (χ3n) is 5.17. The van der Waals surface area contributed by atoms with Crippen molar-refractivity contribution in [3.05, 3.63) is 70.8 Å². The molecular formula is C25H27N3O6. The van der Waals surface area contributed by atoms with Crippen LogP contribution in [-0.4, -0.2) is 46.0 Å². The van der Waals surface area contributed by atoms with Crippen LogP contribution in [0.3, 0.4) is 0 Å². The van der Waals surface area contributed by atoms with E-state index in [1.807, 2.05) is 0 Å². The third-order valence-corrected chi connectivity index (χ3v) is 5.17. The molecular weight excluding hydrogens is 438 g/mol. The lowest BCUT2D eigenvalue weighted by molar-refractivity contribution is -0.121. The Bertz CT molecular complexity index is 1150. The number of hydrogen-bond acceptors (Lipinski definition) is 5. The van der Waals surface area contributed by atoms with Crippen LogP contribution in [0.4, 0.5) is 10.5 Å². The van der Waals surface area contributed by atoms with Crippen LogP contribution < -0.4 is 11.1 Å². The molecule has 3 amide bonds. The second-order valence-corrected chi connectivity index (χ2v) is 8.85. The molecule has 9 heteroatoms. The largest absolute Gasteiger partial charge is 0.465 e. The average molecular weight is 466 g/mol. The van der Waals surface area contributed by atoms with E-state index in [2.05, 4.69) is 5.32 Å². The number of nitrogens with two attached hydrogens (primary N) is 1. The first-order valence-electron chi connectivity index (χ1n) is 10.7. The number of esters is 1. The number of amides is 3. The molecule has 0 spiro atoms. The first-order valence-corrected chi connectivity index (χ1v) is 10.7. The van der Waals surface area contributed by atoms with Crippen LogP contribution in [0.15, 0.2) is 48.5 Å². The van der Waals surface area contributed by atoms with Gasteiger partial charge in [-0.3, -0.25) is 14.5 Å². The van der Waals surface area contributed by atoms with Crippen LogP contribution in [0.1, 0.15) is 53.9 Å². The van der Waals surface area contributed by atoms with Crippen molar-refractivity contribution in [2.24, 2.45) is 5.73 Å². The van der Waals surface area contributed by atoms with Gasteiger partial charge in [0.1, 0.15) is 11.6 Å². The van der Waals surface area contributed by atoms with Gasteiger partial charge in [-0.1, -0.05) is 18.2 Å². The Balaban J connectivity index is 1.87. The maximum absolute atomic E-state index is 13.2. The van der Waals surface area contributed by atoms with E-state index in [0.29, 0.717) is 28.8 Å². The van der Waals surface area contributed by atoms with Gasteiger partial charge in [0.05, 0.1) is 5.56 Å². The number of carbonyl (C=O) groups is 4. The van der Waals surface area contributed by atoms with Crippen molar-refractivity contribution >= 4 is 35.6 Å². The second-order valence-electron chi connectivity index (χ2n) is 8.85. The second kappa shape index (κ2) is 9.78. The summed E-state index contributed by atoms with van der Waals surface area (Å²) >= 11 is 0. The van der Waals surface area contributed by atoms with Crippen LogP contribution in [0, 0.1) is 0 Å². The quantitative estimate of drug-likeness (QED) is 0.457. The fourth-order valence-electron chi connectivity index (χ4n) is 3.75. The summed E-state index contributed by atoms with van der Waals surface area (Å²) in [6, 6.07) is 10.2. The summed E-state index contributed by atoms with van der Waals surface area (Å²) in [6.07, 6.45) is 1.95. The zero-order chi connectivity index (χ0) is 25.0. The molecule has 1 aliphatic heterocycles. The van der Waals surface area contributed by atoms with E-state index in [-0.39, 0.29) is 6.54 Å². The lowest BCUT2D eigenvalue weighted by atomic mass is 9.88. The van der Waals surface area contributed by atoms with Gasteiger partial charge < -0.3 is 20.9 Å². The molecule has 1 atom stereocenters. The highest BCUT2D eigenvalue weighted by molar-refractivity contribution is 5.98. The van der Waals surface area contributed by atoms with Crippen LogP contribution in [-0.2, 0) is 20.7 Å². The Morgan fingerprint density at radius 3 is 2.38 bits per heavy atom. The molecule has 1 aliphatic rings. The van der Waals surface area contributed by atoms with Gasteiger partial charge in [0.25, 0.3) is 5.91 Å². The van der Waals surface area contributed by atoms with Gasteiger partial charge in [0.2, 0.25) is 5.91 Å². The number of carboxylic acid groups (broad SMARTS) is 1. The summed E-state index contributed by atoms with van der Waals surface area (Å²) in [6.45, 7) is 5.42. The number of primary amides is 1. The smallest absolute Gasteiger partial charge is 0.408 e. The van der Waals surface area contributed by atoms with Crippen LogP contribution >= 0.6 is 0 Å². The van der Waals surface area contributed by atoms with Crippen molar-refractivity contribution < 1.29 is 29.0 Å². The Hall–Kier alpha value is -4.14. The number of benzene rings is 2. The molecule has 0 saturated heterocycles. The number of carbonyl (C=O) groups excluding carboxylic acids is 3. The number of nitrogens with one attached hydrogen (secondary N) is 1. The molecule has 1 heterocycles. The molecule has 9 nitrogen and oxygen atoms in total. The summed E-state index contributed by atoms with van der Waals surface area (Å²) in [7, 11) is 0. The lowest BCUT2D eigenvalue weighted by Gasteiger charge is -2.35. The number of anilines is 1. The molecule has 1 unspecified atom stereocenters. The van der Waals surface area contributed by atoms with E-state index in [0.717, 1.165) is 10.5 Å². The van der Waals surface area contributed by atoms with Gasteiger partial charge in [-0.05, 0) is 74.2 Å². The third kappa shape index (κ3) is 5.80. The first kappa shape index (κ1) is 24.5. The fourth-order valence-corrected chi connectivity index (χ4v) is 3.75. The van der Waals surface area contributed by atoms with Gasteiger partial charge in [-0.15, -0.1) is 0 Å². The van der Waals surface area contributed by atoms with Gasteiger partial charge in [0, 0.05) is 18.3 Å². The summed E-state index contributed by atoms with van der Waals surface area (Å²) in [4.78, 5) is 49.5. The molecule has 2 aromatic rings. The monoisotopic (exact) mass is 465 g/mol. The van der Waals surface area contributed by atoms with E-state index in [4.69, 9.17) is 10.5 Å². The number of hydrogen-bond donors (Lipinski definition) is 3. The standard InChI is InChI=1S/C25H27N3O6/c1-25(2,3)34-23(31)16-7-10-17(11-8-16)27-22(30)21-19-6-4-5-15(9-12-20(26)29)18(19)13-14-28(21)24(32)33/h4-12,21H,13-14H2,1-3H3,(H2,26,29)(H,27,30)(H,32,33). The number of fused-ring (bicyclic) bond motifs is 1. The zero-order valence-corrected chi connectivity index (χ0v) is 19.2. The van der Waals surface area contributed by atoms with E-state index < -0.39 is 35.5 Å². The van der Waals surface area contributed by atoms with Gasteiger partial charge in [-0.2, -0.15) is 0 Å². The SMILES string of the molecule is CC(C)(C)OC(=O)c1ccc(NC(=O)C2c3cccc(C=CC(N)=O)c3CCN2C(=O)O)cc1. The van der Waals surface area contributed by atoms with E-state index >= 15 is 0 Å². The molecule has 0 radical (unpaired) electrons. The number of rotatable bonds is 5. The van der Waals surface area contributed by atoms with Crippen molar-refractivity contribution in [3.63, 3.8) is 0 Å². The van der Waals surface area contributed by atoms with Gasteiger partial charge in [-0.25, -0.2) is 9.59 Å². The molecule has 34 heavy (non-hydrogen) atoms. The van der Waals surface area contributed by atoms with Crippen molar-refractivity contribution in [3.8, 4) is 0 Å². The minimum Gasteiger partial charge on any atom is -0.465 e. The van der Waals surface area contributed by atoms with E-state index in [9.17, 15) is 24.3 Å². The maximum Gasteiger partial charge on any atom is 0.408 e. The normalized spacial score (nSPS) is 15.5. The molecule has 4 N–H and O–H groups in total. The first-order chi connectivity index (χ1) is 16.0. The molecule has 0 aliphatic carbocycles. The Labute approximate surface area is 197 Å². The zero-order valence-electron chi connectivity index (χ0n) is 19.2. The molecule has 178 valence electrons. The van der Waals surface area contributed by atoms with Crippen LogP contribution in [0.25, 0.3) is 6.08 Å². The van der Waals surface area contributed by atoms with Crippen molar-refractivity contribution in [1.82, 2.24) is 4.90 Å². The van der Waals surface area contributed by atoms with E-state index in [1.54, 1.807) is 57.2 Å².